The third-order valence-corrected chi connectivity index (χ3v) is 1.99. The van der Waals surface area contributed by atoms with Gasteiger partial charge < -0.3 is 0 Å². The van der Waals surface area contributed by atoms with Crippen molar-refractivity contribution in [3.63, 3.8) is 0 Å². The molecule has 0 aromatic carbocycles. The van der Waals surface area contributed by atoms with Gasteiger partial charge in [0.1, 0.15) is 5.78 Å². The lowest BCUT2D eigenvalue weighted by Gasteiger charge is -2.00. The normalized spacial score (nSPS) is 25.3. The number of rotatable bonds is 2. The van der Waals surface area contributed by atoms with Gasteiger partial charge in [0.25, 0.3) is 0 Å². The molecule has 0 aromatic rings. The summed E-state index contributed by atoms with van der Waals surface area (Å²) in [6.07, 6.45) is 2.64. The Bertz CT molecular complexity index is 165. The highest BCUT2D eigenvalue weighted by Crippen LogP contribution is 2.24. The zero-order chi connectivity index (χ0) is 7.56. The summed E-state index contributed by atoms with van der Waals surface area (Å²) >= 11 is 5.13. The second-order valence-electron chi connectivity index (χ2n) is 2.61. The molecule has 0 heterocycles. The molecule has 0 bridgehead atoms. The molecule has 10 heavy (non-hydrogen) atoms. The summed E-state index contributed by atoms with van der Waals surface area (Å²) in [6, 6.07) is 0. The number of carbonyl (C=O) groups is 2. The molecule has 0 amide bonds. The summed E-state index contributed by atoms with van der Waals surface area (Å²) in [7, 11) is 0. The van der Waals surface area contributed by atoms with Crippen LogP contribution in [-0.2, 0) is 9.59 Å². The maximum absolute atomic E-state index is 10.9. The van der Waals surface area contributed by atoms with Gasteiger partial charge in [-0.05, 0) is 24.4 Å². The minimum atomic E-state index is -0.389. The first-order valence-corrected chi connectivity index (χ1v) is 3.79. The Morgan fingerprint density at radius 3 is 2.80 bits per heavy atom. The van der Waals surface area contributed by atoms with Crippen LogP contribution < -0.4 is 0 Å². The van der Waals surface area contributed by atoms with Crippen molar-refractivity contribution in [1.82, 2.24) is 0 Å². The average Bonchev–Trinajstić information content (AvgIpc) is 2.15. The average molecular weight is 161 g/mol. The van der Waals surface area contributed by atoms with Gasteiger partial charge in [0, 0.05) is 18.8 Å². The highest BCUT2D eigenvalue weighted by atomic mass is 35.5. The molecule has 0 radical (unpaired) electrons. The van der Waals surface area contributed by atoms with E-state index in [4.69, 9.17) is 11.6 Å². The first kappa shape index (κ1) is 7.73. The van der Waals surface area contributed by atoms with Crippen LogP contribution in [0.4, 0.5) is 0 Å². The molecule has 1 rings (SSSR count). The van der Waals surface area contributed by atoms with Crippen LogP contribution >= 0.6 is 11.6 Å². The van der Waals surface area contributed by atoms with Crippen LogP contribution in [0.15, 0.2) is 0 Å². The lowest BCUT2D eigenvalue weighted by atomic mass is 10.0. The molecule has 1 aliphatic rings. The van der Waals surface area contributed by atoms with Crippen LogP contribution in [0.5, 0.6) is 0 Å². The SMILES string of the molecule is O=C(Cl)C[C@H]1CCCC1=O. The third-order valence-electron chi connectivity index (χ3n) is 1.84. The quantitative estimate of drug-likeness (QED) is 0.574. The van der Waals surface area contributed by atoms with Gasteiger partial charge in [-0.3, -0.25) is 9.59 Å². The number of Topliss-reactive ketones (excluding diaryl/α,β-unsaturated/α-hetero) is 1. The Hall–Kier alpha value is -0.370. The van der Waals surface area contributed by atoms with Crippen LogP contribution in [0.3, 0.4) is 0 Å². The van der Waals surface area contributed by atoms with Crippen LogP contribution in [-0.4, -0.2) is 11.0 Å². The van der Waals surface area contributed by atoms with Crippen molar-refractivity contribution in [3.8, 4) is 0 Å². The van der Waals surface area contributed by atoms with Gasteiger partial charge >= 0.3 is 0 Å². The molecule has 0 N–H and O–H groups in total. The zero-order valence-electron chi connectivity index (χ0n) is 5.60. The molecule has 56 valence electrons. The summed E-state index contributed by atoms with van der Waals surface area (Å²) in [4.78, 5) is 21.3. The Morgan fingerprint density at radius 1 is 1.70 bits per heavy atom. The maximum Gasteiger partial charge on any atom is 0.222 e. The highest BCUT2D eigenvalue weighted by Gasteiger charge is 2.25. The molecule has 1 aliphatic carbocycles. The van der Waals surface area contributed by atoms with Gasteiger partial charge in [-0.25, -0.2) is 0 Å². The summed E-state index contributed by atoms with van der Waals surface area (Å²) in [5.41, 5.74) is 0. The van der Waals surface area contributed by atoms with Crippen LogP contribution in [0.1, 0.15) is 25.7 Å². The molecule has 0 unspecified atom stereocenters. The van der Waals surface area contributed by atoms with Gasteiger partial charge in [-0.1, -0.05) is 0 Å². The topological polar surface area (TPSA) is 34.1 Å². The molecule has 3 heteroatoms. The standard InChI is InChI=1S/C7H9ClO2/c8-7(10)4-5-2-1-3-6(5)9/h5H,1-4H2/t5-/m1/s1. The Labute approximate surface area is 64.5 Å². The van der Waals surface area contributed by atoms with Gasteiger partial charge in [0.05, 0.1) is 0 Å². The lowest BCUT2D eigenvalue weighted by molar-refractivity contribution is -0.123. The van der Waals surface area contributed by atoms with Crippen molar-refractivity contribution in [2.45, 2.75) is 25.7 Å². The number of hydrogen-bond acceptors (Lipinski definition) is 2. The summed E-state index contributed by atoms with van der Waals surface area (Å²) in [5.74, 6) is 0.138. The van der Waals surface area contributed by atoms with E-state index in [9.17, 15) is 9.59 Å². The monoisotopic (exact) mass is 160 g/mol. The number of carbonyl (C=O) groups excluding carboxylic acids is 2. The zero-order valence-corrected chi connectivity index (χ0v) is 6.36. The summed E-state index contributed by atoms with van der Waals surface area (Å²) in [5, 5.41) is -0.389. The van der Waals surface area contributed by atoms with E-state index in [1.54, 1.807) is 0 Å². The minimum absolute atomic E-state index is 0.0648. The van der Waals surface area contributed by atoms with E-state index >= 15 is 0 Å². The predicted octanol–water partition coefficient (Wildman–Crippen LogP) is 1.51. The molecule has 0 saturated heterocycles. The van der Waals surface area contributed by atoms with Crippen molar-refractivity contribution in [2.24, 2.45) is 5.92 Å². The van der Waals surface area contributed by atoms with Gasteiger partial charge in [-0.15, -0.1) is 0 Å². The van der Waals surface area contributed by atoms with Crippen LogP contribution in [0.2, 0.25) is 0 Å². The number of hydrogen-bond donors (Lipinski definition) is 0. The third kappa shape index (κ3) is 1.81. The van der Waals surface area contributed by atoms with Crippen LogP contribution in [0, 0.1) is 5.92 Å². The fourth-order valence-corrected chi connectivity index (χ4v) is 1.48. The molecular weight excluding hydrogens is 152 g/mol. The molecule has 0 aliphatic heterocycles. The molecule has 1 saturated carbocycles. The molecule has 0 spiro atoms. The van der Waals surface area contributed by atoms with E-state index in [0.717, 1.165) is 12.8 Å². The molecular formula is C7H9ClO2. The minimum Gasteiger partial charge on any atom is -0.299 e. The Morgan fingerprint density at radius 2 is 2.40 bits per heavy atom. The second-order valence-corrected chi connectivity index (χ2v) is 3.04. The highest BCUT2D eigenvalue weighted by molar-refractivity contribution is 6.63. The van der Waals surface area contributed by atoms with Crippen molar-refractivity contribution < 1.29 is 9.59 Å². The van der Waals surface area contributed by atoms with Crippen molar-refractivity contribution in [1.29, 1.82) is 0 Å². The van der Waals surface area contributed by atoms with Crippen molar-refractivity contribution in [3.05, 3.63) is 0 Å². The van der Waals surface area contributed by atoms with Gasteiger partial charge in [-0.2, -0.15) is 0 Å². The Balaban J connectivity index is 2.40. The molecule has 1 fully saturated rings. The van der Waals surface area contributed by atoms with Crippen molar-refractivity contribution >= 4 is 22.6 Å². The fourth-order valence-electron chi connectivity index (χ4n) is 1.30. The maximum atomic E-state index is 10.9. The second kappa shape index (κ2) is 3.15. The lowest BCUT2D eigenvalue weighted by Crippen LogP contribution is -2.08. The smallest absolute Gasteiger partial charge is 0.222 e. The summed E-state index contributed by atoms with van der Waals surface area (Å²) < 4.78 is 0. The van der Waals surface area contributed by atoms with E-state index in [-0.39, 0.29) is 23.4 Å². The van der Waals surface area contributed by atoms with E-state index in [0.29, 0.717) is 6.42 Å². The molecule has 1 atom stereocenters. The summed E-state index contributed by atoms with van der Waals surface area (Å²) in [6.45, 7) is 0. The first-order chi connectivity index (χ1) is 4.70. The number of ketones is 1. The number of halogens is 1. The van der Waals surface area contributed by atoms with Gasteiger partial charge in [0.2, 0.25) is 5.24 Å². The van der Waals surface area contributed by atoms with E-state index in [2.05, 4.69) is 0 Å². The van der Waals surface area contributed by atoms with E-state index in [1.807, 2.05) is 0 Å². The fraction of sp³-hybridized carbons (Fsp3) is 0.714. The van der Waals surface area contributed by atoms with Crippen LogP contribution in [0.25, 0.3) is 0 Å². The van der Waals surface area contributed by atoms with Crippen molar-refractivity contribution in [2.75, 3.05) is 0 Å². The van der Waals surface area contributed by atoms with Gasteiger partial charge in [0.15, 0.2) is 0 Å². The molecule has 2 nitrogen and oxygen atoms in total. The predicted molar refractivity (Wildman–Crippen MR) is 37.8 cm³/mol. The molecule has 0 aromatic heterocycles. The van der Waals surface area contributed by atoms with E-state index < -0.39 is 0 Å². The van der Waals surface area contributed by atoms with E-state index in [1.165, 1.54) is 0 Å². The Kier molecular flexibility index (Phi) is 2.44. The largest absolute Gasteiger partial charge is 0.299 e. The first-order valence-electron chi connectivity index (χ1n) is 3.41.